The number of carbonyl (C=O) groups is 2. The number of ketones is 1. The summed E-state index contributed by atoms with van der Waals surface area (Å²) in [6.45, 7) is 1.67. The molecule has 1 amide bonds. The van der Waals surface area contributed by atoms with E-state index in [1.165, 1.54) is 12.2 Å². The summed E-state index contributed by atoms with van der Waals surface area (Å²) < 4.78 is 0. The number of para-hydroxylation sites is 1. The highest BCUT2D eigenvalue weighted by atomic mass is 16.7. The van der Waals surface area contributed by atoms with Gasteiger partial charge in [-0.2, -0.15) is 0 Å². The minimum atomic E-state index is -0.685. The molecule has 96 valence electrons. The summed E-state index contributed by atoms with van der Waals surface area (Å²) in [6.07, 6.45) is 3.74. The predicted molar refractivity (Wildman–Crippen MR) is 71.9 cm³/mol. The smallest absolute Gasteiger partial charge is 0.297 e. The summed E-state index contributed by atoms with van der Waals surface area (Å²) in [7, 11) is 0. The Morgan fingerprint density at radius 2 is 1.95 bits per heavy atom. The first-order chi connectivity index (χ1) is 9.15. The SMILES string of the molecule is CC1=CC(=NOC(=O)Nc2ccccc2)C=CC1=O. The minimum absolute atomic E-state index is 0.0762. The molecule has 0 atom stereocenters. The van der Waals surface area contributed by atoms with Crippen molar-refractivity contribution in [2.45, 2.75) is 6.92 Å². The predicted octanol–water partition coefficient (Wildman–Crippen LogP) is 2.68. The lowest BCUT2D eigenvalue weighted by molar-refractivity contribution is -0.111. The van der Waals surface area contributed by atoms with Crippen molar-refractivity contribution in [3.63, 3.8) is 0 Å². The average molecular weight is 256 g/mol. The Morgan fingerprint density at radius 1 is 1.21 bits per heavy atom. The second-order valence-electron chi connectivity index (χ2n) is 3.91. The monoisotopic (exact) mass is 256 g/mol. The van der Waals surface area contributed by atoms with Crippen LogP contribution < -0.4 is 5.32 Å². The Balaban J connectivity index is 1.94. The highest BCUT2D eigenvalue weighted by molar-refractivity contribution is 6.18. The summed E-state index contributed by atoms with van der Waals surface area (Å²) in [5.74, 6) is -0.0762. The van der Waals surface area contributed by atoms with Gasteiger partial charge in [0, 0.05) is 5.69 Å². The molecule has 1 aliphatic carbocycles. The molecule has 2 rings (SSSR count). The van der Waals surface area contributed by atoms with E-state index in [9.17, 15) is 9.59 Å². The highest BCUT2D eigenvalue weighted by Gasteiger charge is 2.08. The van der Waals surface area contributed by atoms with E-state index in [0.29, 0.717) is 17.0 Å². The van der Waals surface area contributed by atoms with Crippen molar-refractivity contribution < 1.29 is 14.4 Å². The fourth-order valence-electron chi connectivity index (χ4n) is 1.45. The standard InChI is InChI=1S/C14H12N2O3/c1-10-9-12(7-8-13(10)17)16-19-14(18)15-11-5-3-2-4-6-11/h2-9H,1H3,(H,15,18). The van der Waals surface area contributed by atoms with Crippen LogP contribution in [0.4, 0.5) is 10.5 Å². The molecule has 5 nitrogen and oxygen atoms in total. The van der Waals surface area contributed by atoms with E-state index in [2.05, 4.69) is 10.5 Å². The first kappa shape index (κ1) is 12.8. The zero-order chi connectivity index (χ0) is 13.7. The van der Waals surface area contributed by atoms with Crippen LogP contribution in [-0.4, -0.2) is 17.6 Å². The number of benzene rings is 1. The molecule has 0 saturated heterocycles. The molecule has 1 N–H and O–H groups in total. The van der Waals surface area contributed by atoms with Crippen molar-refractivity contribution >= 4 is 23.3 Å². The first-order valence-corrected chi connectivity index (χ1v) is 5.67. The van der Waals surface area contributed by atoms with Gasteiger partial charge in [0.2, 0.25) is 0 Å². The number of hydrogen-bond acceptors (Lipinski definition) is 4. The van der Waals surface area contributed by atoms with E-state index in [4.69, 9.17) is 4.84 Å². The normalized spacial score (nSPS) is 16.2. The van der Waals surface area contributed by atoms with Crippen molar-refractivity contribution in [2.24, 2.45) is 5.16 Å². The van der Waals surface area contributed by atoms with Crippen LogP contribution in [0.3, 0.4) is 0 Å². The molecular weight excluding hydrogens is 244 g/mol. The molecule has 0 aromatic heterocycles. The summed E-state index contributed by atoms with van der Waals surface area (Å²) in [4.78, 5) is 27.3. The van der Waals surface area contributed by atoms with Crippen molar-refractivity contribution in [3.8, 4) is 0 Å². The number of rotatable bonds is 2. The average Bonchev–Trinajstić information content (AvgIpc) is 2.41. The van der Waals surface area contributed by atoms with Gasteiger partial charge in [-0.1, -0.05) is 23.4 Å². The van der Waals surface area contributed by atoms with Gasteiger partial charge in [-0.25, -0.2) is 4.79 Å². The zero-order valence-corrected chi connectivity index (χ0v) is 10.3. The van der Waals surface area contributed by atoms with Gasteiger partial charge in [0.15, 0.2) is 5.78 Å². The number of hydrogen-bond donors (Lipinski definition) is 1. The van der Waals surface area contributed by atoms with Crippen molar-refractivity contribution in [1.82, 2.24) is 0 Å². The molecule has 0 bridgehead atoms. The zero-order valence-electron chi connectivity index (χ0n) is 10.3. The molecule has 19 heavy (non-hydrogen) atoms. The van der Waals surface area contributed by atoms with Gasteiger partial charge in [0.05, 0.1) is 0 Å². The van der Waals surface area contributed by atoms with Crippen LogP contribution in [0.5, 0.6) is 0 Å². The van der Waals surface area contributed by atoms with Crippen LogP contribution in [0, 0.1) is 0 Å². The summed E-state index contributed by atoms with van der Waals surface area (Å²) in [5.41, 5.74) is 1.59. The number of amides is 1. The highest BCUT2D eigenvalue weighted by Crippen LogP contribution is 2.07. The third-order valence-electron chi connectivity index (χ3n) is 2.41. The summed E-state index contributed by atoms with van der Waals surface area (Å²) >= 11 is 0. The van der Waals surface area contributed by atoms with E-state index in [1.54, 1.807) is 37.3 Å². The number of anilines is 1. The van der Waals surface area contributed by atoms with Gasteiger partial charge < -0.3 is 0 Å². The largest absolute Gasteiger partial charge is 0.437 e. The van der Waals surface area contributed by atoms with Gasteiger partial charge in [-0.15, -0.1) is 0 Å². The van der Waals surface area contributed by atoms with Gasteiger partial charge in [0.1, 0.15) is 5.71 Å². The van der Waals surface area contributed by atoms with Gasteiger partial charge >= 0.3 is 6.09 Å². The molecule has 0 saturated carbocycles. The Labute approximate surface area is 110 Å². The Hall–Kier alpha value is -2.69. The van der Waals surface area contributed by atoms with Crippen molar-refractivity contribution in [1.29, 1.82) is 0 Å². The molecular formula is C14H12N2O3. The summed E-state index contributed by atoms with van der Waals surface area (Å²) in [6, 6.07) is 8.90. The lowest BCUT2D eigenvalue weighted by atomic mass is 10.1. The second-order valence-corrected chi connectivity index (χ2v) is 3.91. The Bertz CT molecular complexity index is 586. The lowest BCUT2D eigenvalue weighted by Gasteiger charge is -2.04. The van der Waals surface area contributed by atoms with Crippen LogP contribution >= 0.6 is 0 Å². The van der Waals surface area contributed by atoms with E-state index >= 15 is 0 Å². The fourth-order valence-corrected chi connectivity index (χ4v) is 1.45. The van der Waals surface area contributed by atoms with Crippen LogP contribution in [-0.2, 0) is 9.63 Å². The molecule has 0 heterocycles. The van der Waals surface area contributed by atoms with E-state index < -0.39 is 6.09 Å². The van der Waals surface area contributed by atoms with Crippen LogP contribution in [0.1, 0.15) is 6.92 Å². The molecule has 5 heteroatoms. The van der Waals surface area contributed by atoms with Crippen molar-refractivity contribution in [3.05, 3.63) is 54.1 Å². The topological polar surface area (TPSA) is 67.8 Å². The summed E-state index contributed by atoms with van der Waals surface area (Å²) in [5, 5.41) is 6.17. The third-order valence-corrected chi connectivity index (χ3v) is 2.41. The molecule has 1 aromatic carbocycles. The number of allylic oxidation sites excluding steroid dienone is 4. The quantitative estimate of drug-likeness (QED) is 0.502. The Kier molecular flexibility index (Phi) is 3.87. The van der Waals surface area contributed by atoms with Gasteiger partial charge in [-0.3, -0.25) is 14.9 Å². The number of nitrogens with one attached hydrogen (secondary N) is 1. The Morgan fingerprint density at radius 3 is 2.63 bits per heavy atom. The van der Waals surface area contributed by atoms with Crippen LogP contribution in [0.15, 0.2) is 59.3 Å². The maximum atomic E-state index is 11.4. The fraction of sp³-hybridized carbons (Fsp3) is 0.0714. The van der Waals surface area contributed by atoms with Gasteiger partial charge in [-0.05, 0) is 42.9 Å². The molecule has 0 radical (unpaired) electrons. The molecule has 0 aliphatic heterocycles. The lowest BCUT2D eigenvalue weighted by Crippen LogP contribution is -2.12. The molecule has 0 unspecified atom stereocenters. The first-order valence-electron chi connectivity index (χ1n) is 5.67. The van der Waals surface area contributed by atoms with Crippen molar-refractivity contribution in [2.75, 3.05) is 5.32 Å². The van der Waals surface area contributed by atoms with E-state index in [0.717, 1.165) is 0 Å². The maximum absolute atomic E-state index is 11.4. The third kappa shape index (κ3) is 3.64. The molecule has 0 fully saturated rings. The molecule has 0 spiro atoms. The number of carbonyl (C=O) groups excluding carboxylic acids is 2. The van der Waals surface area contributed by atoms with Crippen LogP contribution in [0.2, 0.25) is 0 Å². The maximum Gasteiger partial charge on any atom is 0.437 e. The minimum Gasteiger partial charge on any atom is -0.297 e. The van der Waals surface area contributed by atoms with Crippen LogP contribution in [0.25, 0.3) is 0 Å². The van der Waals surface area contributed by atoms with E-state index in [1.807, 2.05) is 6.07 Å². The number of oxime groups is 1. The second kappa shape index (κ2) is 5.77. The molecule has 1 aliphatic rings. The van der Waals surface area contributed by atoms with E-state index in [-0.39, 0.29) is 5.78 Å². The molecule has 1 aromatic rings. The number of nitrogens with zero attached hydrogens (tertiary/aromatic N) is 1. The van der Waals surface area contributed by atoms with Gasteiger partial charge in [0.25, 0.3) is 0 Å².